The van der Waals surface area contributed by atoms with E-state index in [0.29, 0.717) is 11.5 Å². The summed E-state index contributed by atoms with van der Waals surface area (Å²) in [5.74, 6) is -0.783. The monoisotopic (exact) mass is 409 g/mol. The fraction of sp³-hybridized carbons (Fsp3) is 0.200. The van der Waals surface area contributed by atoms with Crippen LogP contribution in [0.5, 0.6) is 0 Å². The molecule has 1 N–H and O–H groups in total. The third-order valence-corrected chi connectivity index (χ3v) is 4.13. The molecule has 0 aliphatic carbocycles. The molecule has 0 fully saturated rings. The van der Waals surface area contributed by atoms with Crippen molar-refractivity contribution in [1.29, 1.82) is 0 Å². The fourth-order valence-electron chi connectivity index (χ4n) is 2.83. The Hall–Kier alpha value is -4.08. The Labute approximate surface area is 171 Å². The van der Waals surface area contributed by atoms with Gasteiger partial charge in [-0.2, -0.15) is 5.10 Å². The van der Waals surface area contributed by atoms with Gasteiger partial charge in [0.15, 0.2) is 5.82 Å². The largest absolute Gasteiger partial charge is 0.462 e. The van der Waals surface area contributed by atoms with Crippen LogP contribution in [-0.2, 0) is 4.74 Å². The summed E-state index contributed by atoms with van der Waals surface area (Å²) in [5, 5.41) is 18.1. The maximum Gasteiger partial charge on any atom is 0.338 e. The van der Waals surface area contributed by atoms with Crippen LogP contribution in [0.4, 0.5) is 11.4 Å². The molecule has 1 amide bonds. The highest BCUT2D eigenvalue weighted by molar-refractivity contribution is 6.06. The first-order chi connectivity index (χ1) is 14.3. The van der Waals surface area contributed by atoms with E-state index in [4.69, 9.17) is 4.74 Å². The van der Waals surface area contributed by atoms with E-state index in [9.17, 15) is 19.7 Å². The van der Waals surface area contributed by atoms with Crippen LogP contribution in [-0.4, -0.2) is 38.2 Å². The number of hydrogen-bond acceptors (Lipinski definition) is 7. The zero-order valence-electron chi connectivity index (χ0n) is 16.6. The summed E-state index contributed by atoms with van der Waals surface area (Å²) in [7, 11) is 0. The predicted molar refractivity (Wildman–Crippen MR) is 108 cm³/mol. The van der Waals surface area contributed by atoms with Gasteiger partial charge in [-0.05, 0) is 45.0 Å². The lowest BCUT2D eigenvalue weighted by atomic mass is 10.1. The molecule has 0 bridgehead atoms. The molecule has 0 atom stereocenters. The molecular formula is C20H19N5O5. The van der Waals surface area contributed by atoms with Gasteiger partial charge in [0.1, 0.15) is 0 Å². The molecule has 10 nitrogen and oxygen atoms in total. The highest BCUT2D eigenvalue weighted by atomic mass is 16.6. The van der Waals surface area contributed by atoms with Gasteiger partial charge < -0.3 is 10.1 Å². The summed E-state index contributed by atoms with van der Waals surface area (Å²) in [6.45, 7) is 5.50. The lowest BCUT2D eigenvalue weighted by molar-refractivity contribution is -0.384. The number of amides is 1. The van der Waals surface area contributed by atoms with Crippen molar-refractivity contribution in [3.8, 4) is 5.82 Å². The minimum Gasteiger partial charge on any atom is -0.462 e. The van der Waals surface area contributed by atoms with E-state index in [0.717, 1.165) is 23.5 Å². The maximum absolute atomic E-state index is 12.6. The van der Waals surface area contributed by atoms with Crippen molar-refractivity contribution in [2.75, 3.05) is 11.9 Å². The van der Waals surface area contributed by atoms with E-state index < -0.39 is 16.8 Å². The molecule has 0 aliphatic rings. The van der Waals surface area contributed by atoms with Crippen LogP contribution in [0.2, 0.25) is 0 Å². The molecule has 30 heavy (non-hydrogen) atoms. The van der Waals surface area contributed by atoms with Crippen molar-refractivity contribution >= 4 is 23.3 Å². The van der Waals surface area contributed by atoms with Crippen LogP contribution < -0.4 is 5.32 Å². The Balaban J connectivity index is 1.84. The molecule has 154 valence electrons. The highest BCUT2D eigenvalue weighted by Gasteiger charge is 2.19. The Morgan fingerprint density at radius 3 is 2.47 bits per heavy atom. The van der Waals surface area contributed by atoms with E-state index in [2.05, 4.69) is 15.4 Å². The zero-order valence-corrected chi connectivity index (χ0v) is 16.6. The number of anilines is 1. The van der Waals surface area contributed by atoms with Crippen LogP contribution in [0.15, 0.2) is 42.6 Å². The quantitative estimate of drug-likeness (QED) is 0.376. The molecule has 3 rings (SSSR count). The summed E-state index contributed by atoms with van der Waals surface area (Å²) < 4.78 is 6.54. The first kappa shape index (κ1) is 20.6. The number of aryl methyl sites for hydroxylation is 2. The van der Waals surface area contributed by atoms with Gasteiger partial charge in [0.05, 0.1) is 34.7 Å². The Bertz CT molecular complexity index is 1120. The molecule has 0 radical (unpaired) electrons. The molecule has 0 saturated carbocycles. The second-order valence-corrected chi connectivity index (χ2v) is 6.44. The average molecular weight is 409 g/mol. The van der Waals surface area contributed by atoms with Crippen molar-refractivity contribution < 1.29 is 19.2 Å². The third-order valence-electron chi connectivity index (χ3n) is 4.13. The highest BCUT2D eigenvalue weighted by Crippen LogP contribution is 2.20. The van der Waals surface area contributed by atoms with Gasteiger partial charge in [-0.1, -0.05) is 0 Å². The van der Waals surface area contributed by atoms with Gasteiger partial charge in [-0.15, -0.1) is 0 Å². The first-order valence-electron chi connectivity index (χ1n) is 9.06. The molecule has 0 saturated heterocycles. The Morgan fingerprint density at radius 1 is 1.17 bits per heavy atom. The third kappa shape index (κ3) is 4.49. The average Bonchev–Trinajstić information content (AvgIpc) is 3.06. The fourth-order valence-corrected chi connectivity index (χ4v) is 2.83. The molecule has 0 unspecified atom stereocenters. The van der Waals surface area contributed by atoms with Crippen molar-refractivity contribution in [1.82, 2.24) is 14.8 Å². The first-order valence-corrected chi connectivity index (χ1v) is 9.06. The molecular weight excluding hydrogens is 390 g/mol. The van der Waals surface area contributed by atoms with Gasteiger partial charge in [0.2, 0.25) is 0 Å². The van der Waals surface area contributed by atoms with Crippen molar-refractivity contribution in [2.45, 2.75) is 20.8 Å². The number of aromatic nitrogens is 3. The molecule has 0 aliphatic heterocycles. The lowest BCUT2D eigenvalue weighted by Crippen LogP contribution is -2.14. The number of ether oxygens (including phenoxy) is 1. The maximum atomic E-state index is 12.6. The van der Waals surface area contributed by atoms with Crippen molar-refractivity contribution in [3.63, 3.8) is 0 Å². The Morgan fingerprint density at radius 2 is 1.90 bits per heavy atom. The standard InChI is InChI=1S/C20H19N5O5/c1-4-30-20(27)15-8-14(9-17(10-15)25(28)29)19(26)22-16-5-6-18(21-11-16)24-13(3)7-12(2)23-24/h5-11H,4H2,1-3H3,(H,22,26). The number of esters is 1. The van der Waals surface area contributed by atoms with Crippen LogP contribution in [0.1, 0.15) is 39.0 Å². The van der Waals surface area contributed by atoms with Crippen LogP contribution in [0, 0.1) is 24.0 Å². The predicted octanol–water partition coefficient (Wildman–Crippen LogP) is 3.22. The normalized spacial score (nSPS) is 10.5. The van der Waals surface area contributed by atoms with Gasteiger partial charge in [-0.25, -0.2) is 14.5 Å². The minimum absolute atomic E-state index is 0.0464. The summed E-state index contributed by atoms with van der Waals surface area (Å²) in [5.41, 5.74) is 1.65. The summed E-state index contributed by atoms with van der Waals surface area (Å²) in [6, 6.07) is 8.65. The van der Waals surface area contributed by atoms with Gasteiger partial charge in [-0.3, -0.25) is 14.9 Å². The van der Waals surface area contributed by atoms with E-state index >= 15 is 0 Å². The SMILES string of the molecule is CCOC(=O)c1cc(C(=O)Nc2ccc(-n3nc(C)cc3C)nc2)cc([N+](=O)[O-])c1. The number of carbonyl (C=O) groups excluding carboxylic acids is 2. The molecule has 1 aromatic carbocycles. The zero-order chi connectivity index (χ0) is 21.8. The summed E-state index contributed by atoms with van der Waals surface area (Å²) >= 11 is 0. The molecule has 2 heterocycles. The topological polar surface area (TPSA) is 129 Å². The summed E-state index contributed by atoms with van der Waals surface area (Å²) in [6.07, 6.45) is 1.45. The van der Waals surface area contributed by atoms with Crippen LogP contribution in [0.25, 0.3) is 5.82 Å². The molecule has 2 aromatic heterocycles. The molecule has 10 heteroatoms. The number of nitrogens with zero attached hydrogens (tertiary/aromatic N) is 4. The molecule has 3 aromatic rings. The number of benzene rings is 1. The van der Waals surface area contributed by atoms with Gasteiger partial charge in [0.25, 0.3) is 11.6 Å². The van der Waals surface area contributed by atoms with Crippen LogP contribution in [0.3, 0.4) is 0 Å². The van der Waals surface area contributed by atoms with E-state index in [1.165, 1.54) is 12.3 Å². The van der Waals surface area contributed by atoms with Gasteiger partial charge >= 0.3 is 5.97 Å². The second-order valence-electron chi connectivity index (χ2n) is 6.44. The number of non-ortho nitro benzene ring substituents is 1. The van der Waals surface area contributed by atoms with Crippen LogP contribution >= 0.6 is 0 Å². The number of hydrogen-bond donors (Lipinski definition) is 1. The van der Waals surface area contributed by atoms with E-state index in [-0.39, 0.29) is 23.4 Å². The number of nitro benzene ring substituents is 1. The van der Waals surface area contributed by atoms with Crippen molar-refractivity contribution in [3.05, 3.63) is 75.2 Å². The lowest BCUT2D eigenvalue weighted by Gasteiger charge is -2.08. The summed E-state index contributed by atoms with van der Waals surface area (Å²) in [4.78, 5) is 39.3. The number of nitro groups is 1. The van der Waals surface area contributed by atoms with E-state index in [1.54, 1.807) is 23.7 Å². The number of carbonyl (C=O) groups is 2. The Kier molecular flexibility index (Phi) is 5.86. The molecule has 0 spiro atoms. The van der Waals surface area contributed by atoms with Crippen molar-refractivity contribution in [2.24, 2.45) is 0 Å². The van der Waals surface area contributed by atoms with Gasteiger partial charge in [0, 0.05) is 23.4 Å². The minimum atomic E-state index is -0.744. The smallest absolute Gasteiger partial charge is 0.338 e. The number of rotatable bonds is 6. The number of nitrogens with one attached hydrogen (secondary N) is 1. The van der Waals surface area contributed by atoms with E-state index in [1.807, 2.05) is 19.9 Å². The second kappa shape index (κ2) is 8.52. The number of pyridine rings is 1.